The molecule has 3 aromatic rings. The molecule has 3 rings (SSSR count). The molecule has 0 saturated heterocycles. The topological polar surface area (TPSA) is 46.9 Å². The lowest BCUT2D eigenvalue weighted by Crippen LogP contribution is -2.20. The molecule has 0 saturated carbocycles. The van der Waals surface area contributed by atoms with E-state index in [9.17, 15) is 4.79 Å². The molecule has 0 aliphatic heterocycles. The van der Waals surface area contributed by atoms with Gasteiger partial charge in [-0.25, -0.2) is 0 Å². The summed E-state index contributed by atoms with van der Waals surface area (Å²) in [5, 5.41) is 2.91. The van der Waals surface area contributed by atoms with Crippen molar-refractivity contribution >= 4 is 11.6 Å². The van der Waals surface area contributed by atoms with Crippen LogP contribution >= 0.6 is 0 Å². The molecule has 2 aromatic heterocycles. The van der Waals surface area contributed by atoms with E-state index in [1.807, 2.05) is 42.7 Å². The quantitative estimate of drug-likeness (QED) is 0.779. The van der Waals surface area contributed by atoms with Crippen molar-refractivity contribution in [3.63, 3.8) is 0 Å². The van der Waals surface area contributed by atoms with E-state index in [2.05, 4.69) is 33.9 Å². The number of anilines is 1. The SMILES string of the molecule is Cc1ccccc1[C@@H](CC(=O)Nc1cccnc1)n1cccc1. The van der Waals surface area contributed by atoms with Crippen LogP contribution in [0.25, 0.3) is 0 Å². The van der Waals surface area contributed by atoms with Crippen molar-refractivity contribution in [1.29, 1.82) is 0 Å². The van der Waals surface area contributed by atoms with E-state index in [-0.39, 0.29) is 11.9 Å². The Hall–Kier alpha value is -2.88. The van der Waals surface area contributed by atoms with Gasteiger partial charge in [-0.2, -0.15) is 0 Å². The maximum absolute atomic E-state index is 12.5. The molecule has 1 N–H and O–H groups in total. The lowest BCUT2D eigenvalue weighted by molar-refractivity contribution is -0.116. The summed E-state index contributed by atoms with van der Waals surface area (Å²) in [5.41, 5.74) is 3.05. The second-order valence-electron chi connectivity index (χ2n) is 5.50. The Morgan fingerprint density at radius 3 is 2.61 bits per heavy atom. The van der Waals surface area contributed by atoms with Gasteiger partial charge in [0.1, 0.15) is 0 Å². The van der Waals surface area contributed by atoms with Crippen molar-refractivity contribution < 1.29 is 4.79 Å². The molecule has 23 heavy (non-hydrogen) atoms. The van der Waals surface area contributed by atoms with Crippen LogP contribution in [-0.2, 0) is 4.79 Å². The number of hydrogen-bond donors (Lipinski definition) is 1. The zero-order chi connectivity index (χ0) is 16.1. The Morgan fingerprint density at radius 1 is 1.13 bits per heavy atom. The molecule has 0 radical (unpaired) electrons. The third kappa shape index (κ3) is 3.66. The first-order valence-corrected chi connectivity index (χ1v) is 7.62. The molecule has 4 nitrogen and oxygen atoms in total. The van der Waals surface area contributed by atoms with Gasteiger partial charge < -0.3 is 9.88 Å². The molecule has 1 amide bonds. The second-order valence-corrected chi connectivity index (χ2v) is 5.50. The minimum Gasteiger partial charge on any atom is -0.346 e. The predicted octanol–water partition coefficient (Wildman–Crippen LogP) is 3.81. The molecule has 0 unspecified atom stereocenters. The number of nitrogens with one attached hydrogen (secondary N) is 1. The highest BCUT2D eigenvalue weighted by Crippen LogP contribution is 2.25. The molecule has 0 spiro atoms. The lowest BCUT2D eigenvalue weighted by atomic mass is 9.98. The molecule has 116 valence electrons. The standard InChI is InChI=1S/C19H19N3O/c1-15-7-2-3-9-17(15)18(22-11-4-5-12-22)13-19(23)21-16-8-6-10-20-14-16/h2-12,14,18H,13H2,1H3,(H,21,23)/t18-/m1/s1. The monoisotopic (exact) mass is 305 g/mol. The van der Waals surface area contributed by atoms with Crippen molar-refractivity contribution in [2.75, 3.05) is 5.32 Å². The van der Waals surface area contributed by atoms with Crippen molar-refractivity contribution in [3.05, 3.63) is 84.4 Å². The van der Waals surface area contributed by atoms with Crippen LogP contribution in [0.1, 0.15) is 23.6 Å². The van der Waals surface area contributed by atoms with Crippen LogP contribution in [0, 0.1) is 6.92 Å². The fourth-order valence-electron chi connectivity index (χ4n) is 2.72. The third-order valence-electron chi connectivity index (χ3n) is 3.86. The lowest BCUT2D eigenvalue weighted by Gasteiger charge is -2.21. The molecule has 2 heterocycles. The number of carbonyl (C=O) groups is 1. The molecule has 0 aliphatic carbocycles. The van der Waals surface area contributed by atoms with Crippen molar-refractivity contribution in [2.45, 2.75) is 19.4 Å². The van der Waals surface area contributed by atoms with Crippen LogP contribution < -0.4 is 5.32 Å². The van der Waals surface area contributed by atoms with Gasteiger partial charge in [0.15, 0.2) is 0 Å². The highest BCUT2D eigenvalue weighted by molar-refractivity contribution is 5.91. The summed E-state index contributed by atoms with van der Waals surface area (Å²) in [6.07, 6.45) is 7.69. The van der Waals surface area contributed by atoms with E-state index in [1.165, 1.54) is 5.56 Å². The van der Waals surface area contributed by atoms with E-state index >= 15 is 0 Å². The Morgan fingerprint density at radius 2 is 1.91 bits per heavy atom. The van der Waals surface area contributed by atoms with E-state index in [0.717, 1.165) is 5.56 Å². The van der Waals surface area contributed by atoms with Gasteiger partial charge in [0, 0.05) is 18.6 Å². The van der Waals surface area contributed by atoms with E-state index in [4.69, 9.17) is 0 Å². The molecule has 1 aromatic carbocycles. The highest BCUT2D eigenvalue weighted by atomic mass is 16.1. The number of pyridine rings is 1. The molecule has 4 heteroatoms. The zero-order valence-electron chi connectivity index (χ0n) is 13.0. The number of amides is 1. The van der Waals surface area contributed by atoms with Crippen molar-refractivity contribution in [2.24, 2.45) is 0 Å². The summed E-state index contributed by atoms with van der Waals surface area (Å²) in [6, 6.07) is 15.8. The van der Waals surface area contributed by atoms with Gasteiger partial charge in [-0.1, -0.05) is 24.3 Å². The van der Waals surface area contributed by atoms with E-state index in [1.54, 1.807) is 18.5 Å². The summed E-state index contributed by atoms with van der Waals surface area (Å²) < 4.78 is 2.07. The summed E-state index contributed by atoms with van der Waals surface area (Å²) in [6.45, 7) is 2.07. The van der Waals surface area contributed by atoms with Crippen LogP contribution in [-0.4, -0.2) is 15.5 Å². The fraction of sp³-hybridized carbons (Fsp3) is 0.158. The number of nitrogens with zero attached hydrogens (tertiary/aromatic N) is 2. The summed E-state index contributed by atoms with van der Waals surface area (Å²) in [5.74, 6) is -0.0278. The second kappa shape index (κ2) is 6.92. The van der Waals surface area contributed by atoms with Gasteiger partial charge in [0.2, 0.25) is 5.91 Å². The Balaban J connectivity index is 1.82. The Labute approximate surface area is 135 Å². The highest BCUT2D eigenvalue weighted by Gasteiger charge is 2.19. The van der Waals surface area contributed by atoms with Crippen LogP contribution in [0.3, 0.4) is 0 Å². The van der Waals surface area contributed by atoms with Crippen molar-refractivity contribution in [1.82, 2.24) is 9.55 Å². The average Bonchev–Trinajstić information content (AvgIpc) is 3.09. The van der Waals surface area contributed by atoms with Gasteiger partial charge in [0.05, 0.1) is 24.3 Å². The van der Waals surface area contributed by atoms with Gasteiger partial charge in [-0.05, 0) is 42.3 Å². The smallest absolute Gasteiger partial charge is 0.226 e. The minimum absolute atomic E-state index is 0.0251. The fourth-order valence-corrected chi connectivity index (χ4v) is 2.72. The van der Waals surface area contributed by atoms with Gasteiger partial charge >= 0.3 is 0 Å². The van der Waals surface area contributed by atoms with Crippen LogP contribution in [0.4, 0.5) is 5.69 Å². The molecule has 0 aliphatic rings. The van der Waals surface area contributed by atoms with E-state index in [0.29, 0.717) is 12.1 Å². The molecular weight excluding hydrogens is 286 g/mol. The Bertz CT molecular complexity index is 766. The molecule has 0 bridgehead atoms. The first-order valence-electron chi connectivity index (χ1n) is 7.62. The zero-order valence-corrected chi connectivity index (χ0v) is 13.0. The van der Waals surface area contributed by atoms with Gasteiger partial charge in [0.25, 0.3) is 0 Å². The first kappa shape index (κ1) is 15.0. The first-order chi connectivity index (χ1) is 11.2. The maximum Gasteiger partial charge on any atom is 0.226 e. The minimum atomic E-state index is -0.0278. The molecule has 0 fully saturated rings. The number of hydrogen-bond acceptors (Lipinski definition) is 2. The largest absolute Gasteiger partial charge is 0.346 e. The summed E-state index contributed by atoms with van der Waals surface area (Å²) in [7, 11) is 0. The maximum atomic E-state index is 12.5. The number of aromatic nitrogens is 2. The average molecular weight is 305 g/mol. The van der Waals surface area contributed by atoms with E-state index < -0.39 is 0 Å². The number of carbonyl (C=O) groups excluding carboxylic acids is 1. The van der Waals surface area contributed by atoms with Crippen LogP contribution in [0.2, 0.25) is 0 Å². The predicted molar refractivity (Wildman–Crippen MR) is 91.2 cm³/mol. The number of benzene rings is 1. The van der Waals surface area contributed by atoms with Gasteiger partial charge in [-0.3, -0.25) is 9.78 Å². The number of rotatable bonds is 5. The third-order valence-corrected chi connectivity index (χ3v) is 3.86. The normalized spacial score (nSPS) is 11.9. The van der Waals surface area contributed by atoms with Crippen molar-refractivity contribution in [3.8, 4) is 0 Å². The van der Waals surface area contributed by atoms with Crippen LogP contribution in [0.15, 0.2) is 73.3 Å². The number of aryl methyl sites for hydroxylation is 1. The molecule has 1 atom stereocenters. The Kier molecular flexibility index (Phi) is 4.52. The summed E-state index contributed by atoms with van der Waals surface area (Å²) >= 11 is 0. The molecular formula is C19H19N3O. The van der Waals surface area contributed by atoms with Crippen LogP contribution in [0.5, 0.6) is 0 Å². The van der Waals surface area contributed by atoms with Gasteiger partial charge in [-0.15, -0.1) is 0 Å². The summed E-state index contributed by atoms with van der Waals surface area (Å²) in [4.78, 5) is 16.5.